The second kappa shape index (κ2) is 14.9. The van der Waals surface area contributed by atoms with Gasteiger partial charge in [0.05, 0.1) is 12.2 Å². The van der Waals surface area contributed by atoms with Crippen molar-refractivity contribution in [2.75, 3.05) is 33.4 Å². The minimum Gasteiger partial charge on any atom is -0.383 e. The van der Waals surface area contributed by atoms with Gasteiger partial charge in [0.1, 0.15) is 6.54 Å². The summed E-state index contributed by atoms with van der Waals surface area (Å²) in [5, 5.41) is 1.05. The molecule has 2 amide bonds. The van der Waals surface area contributed by atoms with Crippen LogP contribution in [0.3, 0.4) is 0 Å². The molecule has 1 heterocycles. The number of para-hydroxylation sites is 1. The van der Waals surface area contributed by atoms with Crippen molar-refractivity contribution < 1.29 is 27.5 Å². The van der Waals surface area contributed by atoms with Crippen molar-refractivity contribution in [1.29, 1.82) is 0 Å². The van der Waals surface area contributed by atoms with E-state index in [2.05, 4.69) is 11.9 Å². The molecular weight excluding hydrogens is 555 g/mol. The number of amides is 2. The summed E-state index contributed by atoms with van der Waals surface area (Å²) < 4.78 is 44.6. The summed E-state index contributed by atoms with van der Waals surface area (Å²) in [6.07, 6.45) is 1.07. The molecule has 9 heteroatoms. The first-order chi connectivity index (χ1) is 20.7. The standard InChI is InChI=1S/C34H38F3N3O3/c1-3-4-7-25-10-14-27(15-11-25)33(42)40(20-21-43-2)24-32(41)39(23-26-12-16-29(17-13-26)34(35,36)37)19-18-28-22-38-31-9-6-5-8-30(28)31/h5-6,8-17,22,38H,3-4,7,18-21,23-24H2,1-2H3. The molecule has 1 aromatic heterocycles. The number of benzene rings is 3. The molecular formula is C34H38F3N3O3. The van der Waals surface area contributed by atoms with Crippen LogP contribution in [0, 0.1) is 0 Å². The molecule has 6 nitrogen and oxygen atoms in total. The third kappa shape index (κ3) is 8.70. The van der Waals surface area contributed by atoms with E-state index < -0.39 is 11.7 Å². The lowest BCUT2D eigenvalue weighted by atomic mass is 10.1. The summed E-state index contributed by atoms with van der Waals surface area (Å²) in [6.45, 7) is 2.84. The van der Waals surface area contributed by atoms with Crippen LogP contribution in [0.15, 0.2) is 79.0 Å². The second-order valence-electron chi connectivity index (χ2n) is 10.6. The highest BCUT2D eigenvalue weighted by Crippen LogP contribution is 2.29. The Balaban J connectivity index is 1.54. The summed E-state index contributed by atoms with van der Waals surface area (Å²) in [6, 6.07) is 20.1. The van der Waals surface area contributed by atoms with Crippen LogP contribution in [-0.4, -0.2) is 59.9 Å². The summed E-state index contributed by atoms with van der Waals surface area (Å²) in [5.41, 5.74) is 3.46. The molecule has 1 N–H and O–H groups in total. The second-order valence-corrected chi connectivity index (χ2v) is 10.6. The number of H-pyrrole nitrogens is 1. The number of hydrogen-bond donors (Lipinski definition) is 1. The maximum absolute atomic E-state index is 13.8. The van der Waals surface area contributed by atoms with Gasteiger partial charge in [0.15, 0.2) is 0 Å². The first kappa shape index (κ1) is 31.8. The van der Waals surface area contributed by atoms with Crippen molar-refractivity contribution >= 4 is 22.7 Å². The molecule has 0 saturated carbocycles. The molecule has 3 aromatic carbocycles. The molecule has 4 rings (SSSR count). The number of aromatic amines is 1. The number of rotatable bonds is 14. The number of nitrogens with zero attached hydrogens (tertiary/aromatic N) is 2. The zero-order chi connectivity index (χ0) is 30.8. The number of halogens is 3. The van der Waals surface area contributed by atoms with Gasteiger partial charge in [-0.05, 0) is 66.3 Å². The number of carbonyl (C=O) groups excluding carboxylic acids is 2. The summed E-state index contributed by atoms with van der Waals surface area (Å²) in [4.78, 5) is 33.6. The Morgan fingerprint density at radius 3 is 2.23 bits per heavy atom. The topological polar surface area (TPSA) is 65.6 Å². The van der Waals surface area contributed by atoms with Gasteiger partial charge < -0.3 is 19.5 Å². The van der Waals surface area contributed by atoms with Crippen LogP contribution >= 0.6 is 0 Å². The Morgan fingerprint density at radius 1 is 0.860 bits per heavy atom. The highest BCUT2D eigenvalue weighted by Gasteiger charge is 2.30. The van der Waals surface area contributed by atoms with Crippen LogP contribution < -0.4 is 0 Å². The normalized spacial score (nSPS) is 11.6. The number of unbranched alkanes of at least 4 members (excludes halogenated alkanes) is 1. The van der Waals surface area contributed by atoms with Crippen LogP contribution in [0.25, 0.3) is 10.9 Å². The van der Waals surface area contributed by atoms with Gasteiger partial charge in [-0.3, -0.25) is 9.59 Å². The number of methoxy groups -OCH3 is 1. The fraction of sp³-hybridized carbons (Fsp3) is 0.353. The van der Waals surface area contributed by atoms with Gasteiger partial charge in [0, 0.05) is 49.4 Å². The van der Waals surface area contributed by atoms with Gasteiger partial charge in [-0.25, -0.2) is 0 Å². The molecule has 0 fully saturated rings. The molecule has 0 unspecified atom stereocenters. The number of ether oxygens (including phenoxy) is 1. The number of aromatic nitrogens is 1. The van der Waals surface area contributed by atoms with Gasteiger partial charge in [0.2, 0.25) is 5.91 Å². The molecule has 0 aliphatic heterocycles. The minimum atomic E-state index is -4.44. The molecule has 43 heavy (non-hydrogen) atoms. The van der Waals surface area contributed by atoms with Gasteiger partial charge in [-0.2, -0.15) is 13.2 Å². The Labute approximate surface area is 250 Å². The molecule has 0 spiro atoms. The molecule has 0 saturated heterocycles. The molecule has 0 radical (unpaired) electrons. The first-order valence-corrected chi connectivity index (χ1v) is 14.6. The lowest BCUT2D eigenvalue weighted by Gasteiger charge is -2.28. The zero-order valence-electron chi connectivity index (χ0n) is 24.6. The van der Waals surface area contributed by atoms with E-state index in [1.165, 1.54) is 24.1 Å². The maximum Gasteiger partial charge on any atom is 0.416 e. The average molecular weight is 594 g/mol. The number of aryl methyl sites for hydroxylation is 1. The van der Waals surface area contributed by atoms with E-state index >= 15 is 0 Å². The van der Waals surface area contributed by atoms with Gasteiger partial charge >= 0.3 is 6.18 Å². The molecule has 4 aromatic rings. The van der Waals surface area contributed by atoms with Crippen molar-refractivity contribution in [2.24, 2.45) is 0 Å². The molecule has 0 bridgehead atoms. The van der Waals surface area contributed by atoms with Crippen LogP contribution in [0.1, 0.15) is 52.4 Å². The Hall–Kier alpha value is -4.11. The van der Waals surface area contributed by atoms with Crippen LogP contribution in [-0.2, 0) is 35.1 Å². The van der Waals surface area contributed by atoms with Crippen molar-refractivity contribution in [2.45, 2.75) is 45.3 Å². The van der Waals surface area contributed by atoms with Crippen molar-refractivity contribution in [3.8, 4) is 0 Å². The Bertz CT molecular complexity index is 1480. The average Bonchev–Trinajstić information content (AvgIpc) is 3.43. The van der Waals surface area contributed by atoms with Crippen LogP contribution in [0.4, 0.5) is 13.2 Å². The van der Waals surface area contributed by atoms with E-state index in [9.17, 15) is 22.8 Å². The highest BCUT2D eigenvalue weighted by molar-refractivity contribution is 5.96. The van der Waals surface area contributed by atoms with Crippen LogP contribution in [0.2, 0.25) is 0 Å². The summed E-state index contributed by atoms with van der Waals surface area (Å²) in [5.74, 6) is -0.581. The Morgan fingerprint density at radius 2 is 1.56 bits per heavy atom. The van der Waals surface area contributed by atoms with Crippen molar-refractivity contribution in [1.82, 2.24) is 14.8 Å². The number of alkyl halides is 3. The largest absolute Gasteiger partial charge is 0.416 e. The fourth-order valence-electron chi connectivity index (χ4n) is 5.00. The summed E-state index contributed by atoms with van der Waals surface area (Å²) in [7, 11) is 1.53. The maximum atomic E-state index is 13.8. The fourth-order valence-corrected chi connectivity index (χ4v) is 5.00. The quantitative estimate of drug-likeness (QED) is 0.173. The predicted molar refractivity (Wildman–Crippen MR) is 162 cm³/mol. The predicted octanol–water partition coefficient (Wildman–Crippen LogP) is 6.89. The monoisotopic (exact) mass is 593 g/mol. The van der Waals surface area contributed by atoms with E-state index in [1.54, 1.807) is 17.0 Å². The van der Waals surface area contributed by atoms with E-state index in [4.69, 9.17) is 4.74 Å². The van der Waals surface area contributed by atoms with Crippen molar-refractivity contribution in [3.05, 3.63) is 107 Å². The van der Waals surface area contributed by atoms with E-state index in [0.717, 1.165) is 53.4 Å². The number of nitrogens with one attached hydrogen (secondary N) is 1. The Kier molecular flexibility index (Phi) is 11.0. The molecule has 0 aliphatic rings. The van der Waals surface area contributed by atoms with Crippen LogP contribution in [0.5, 0.6) is 0 Å². The minimum absolute atomic E-state index is 0.109. The van der Waals surface area contributed by atoms with E-state index in [1.807, 2.05) is 42.6 Å². The number of carbonyl (C=O) groups is 2. The molecule has 0 aliphatic carbocycles. The lowest BCUT2D eigenvalue weighted by molar-refractivity contribution is -0.137. The van der Waals surface area contributed by atoms with Gasteiger partial charge in [-0.1, -0.05) is 55.8 Å². The van der Waals surface area contributed by atoms with E-state index in [0.29, 0.717) is 24.1 Å². The third-order valence-corrected chi connectivity index (χ3v) is 7.53. The number of fused-ring (bicyclic) bond motifs is 1. The summed E-state index contributed by atoms with van der Waals surface area (Å²) >= 11 is 0. The molecule has 228 valence electrons. The third-order valence-electron chi connectivity index (χ3n) is 7.53. The smallest absolute Gasteiger partial charge is 0.383 e. The van der Waals surface area contributed by atoms with E-state index in [-0.39, 0.29) is 38.1 Å². The number of hydrogen-bond acceptors (Lipinski definition) is 3. The highest BCUT2D eigenvalue weighted by atomic mass is 19.4. The lowest BCUT2D eigenvalue weighted by Crippen LogP contribution is -2.44. The first-order valence-electron chi connectivity index (χ1n) is 14.6. The molecule has 0 atom stereocenters. The zero-order valence-corrected chi connectivity index (χ0v) is 24.6. The van der Waals surface area contributed by atoms with Crippen molar-refractivity contribution in [3.63, 3.8) is 0 Å². The van der Waals surface area contributed by atoms with Gasteiger partial charge in [-0.15, -0.1) is 0 Å². The van der Waals surface area contributed by atoms with Gasteiger partial charge in [0.25, 0.3) is 5.91 Å². The SMILES string of the molecule is CCCCc1ccc(C(=O)N(CCOC)CC(=O)N(CCc2c[nH]c3ccccc23)Cc2ccc(C(F)(F)F)cc2)cc1.